The molecular weight excluding hydrogens is 246 g/mol. The Hall–Kier alpha value is -1.78. The van der Waals surface area contributed by atoms with Crippen LogP contribution in [0.15, 0.2) is 16.7 Å². The van der Waals surface area contributed by atoms with Gasteiger partial charge in [-0.15, -0.1) is 0 Å². The lowest BCUT2D eigenvalue weighted by atomic mass is 9.93. The number of aromatic carboxylic acids is 1. The molecule has 0 aliphatic carbocycles. The molecule has 5 nitrogen and oxygen atoms in total. The second-order valence-electron chi connectivity index (χ2n) is 5.05. The smallest absolute Gasteiger partial charge is 0.338 e. The lowest BCUT2D eigenvalue weighted by Crippen LogP contribution is -2.39. The standard InChI is InChI=1S/C14H19NO4/c1-2-4-10-5-3-6-15(8-10)13(16)12-7-11(9-19-12)14(17)18/h7,9-10H,2-6,8H2,1H3,(H,17,18). The van der Waals surface area contributed by atoms with Gasteiger partial charge in [-0.1, -0.05) is 13.3 Å². The molecule has 1 atom stereocenters. The van der Waals surface area contributed by atoms with Crippen LogP contribution in [0.3, 0.4) is 0 Å². The summed E-state index contributed by atoms with van der Waals surface area (Å²) in [6.45, 7) is 3.62. The van der Waals surface area contributed by atoms with E-state index in [-0.39, 0.29) is 17.2 Å². The second kappa shape index (κ2) is 5.91. The van der Waals surface area contributed by atoms with Crippen molar-refractivity contribution in [3.05, 3.63) is 23.7 Å². The predicted octanol–water partition coefficient (Wildman–Crippen LogP) is 2.63. The van der Waals surface area contributed by atoms with Gasteiger partial charge in [-0.05, 0) is 25.2 Å². The van der Waals surface area contributed by atoms with Crippen molar-refractivity contribution in [1.82, 2.24) is 4.90 Å². The van der Waals surface area contributed by atoms with E-state index < -0.39 is 5.97 Å². The number of carbonyl (C=O) groups excluding carboxylic acids is 1. The second-order valence-corrected chi connectivity index (χ2v) is 5.05. The highest BCUT2D eigenvalue weighted by Crippen LogP contribution is 2.22. The molecule has 19 heavy (non-hydrogen) atoms. The third kappa shape index (κ3) is 3.16. The largest absolute Gasteiger partial charge is 0.478 e. The van der Waals surface area contributed by atoms with Crippen molar-refractivity contribution in [1.29, 1.82) is 0 Å². The summed E-state index contributed by atoms with van der Waals surface area (Å²) < 4.78 is 5.06. The molecule has 104 valence electrons. The Morgan fingerprint density at radius 3 is 2.95 bits per heavy atom. The highest BCUT2D eigenvalue weighted by atomic mass is 16.4. The number of amides is 1. The van der Waals surface area contributed by atoms with Gasteiger partial charge in [0.25, 0.3) is 5.91 Å². The van der Waals surface area contributed by atoms with E-state index in [4.69, 9.17) is 9.52 Å². The molecule has 1 fully saturated rings. The fraction of sp³-hybridized carbons (Fsp3) is 0.571. The van der Waals surface area contributed by atoms with Crippen molar-refractivity contribution in [2.45, 2.75) is 32.6 Å². The number of nitrogens with zero attached hydrogens (tertiary/aromatic N) is 1. The van der Waals surface area contributed by atoms with Crippen molar-refractivity contribution in [3.8, 4) is 0 Å². The fourth-order valence-corrected chi connectivity index (χ4v) is 2.61. The molecular formula is C14H19NO4. The number of carboxylic acids is 1. The maximum atomic E-state index is 12.2. The van der Waals surface area contributed by atoms with Crippen LogP contribution in [0.1, 0.15) is 53.5 Å². The SMILES string of the molecule is CCCC1CCCN(C(=O)c2cc(C(=O)O)co2)C1. The van der Waals surface area contributed by atoms with Crippen molar-refractivity contribution >= 4 is 11.9 Å². The molecule has 1 aromatic heterocycles. The lowest BCUT2D eigenvalue weighted by Gasteiger charge is -2.32. The monoisotopic (exact) mass is 265 g/mol. The number of rotatable bonds is 4. The van der Waals surface area contributed by atoms with Crippen LogP contribution in [0.25, 0.3) is 0 Å². The normalized spacial score (nSPS) is 19.4. The molecule has 1 amide bonds. The molecule has 1 saturated heterocycles. The van der Waals surface area contributed by atoms with Gasteiger partial charge in [-0.3, -0.25) is 4.79 Å². The Morgan fingerprint density at radius 2 is 2.32 bits per heavy atom. The summed E-state index contributed by atoms with van der Waals surface area (Å²) in [5, 5.41) is 8.82. The molecule has 1 aliphatic rings. The molecule has 1 aromatic rings. The van der Waals surface area contributed by atoms with Crippen LogP contribution in [-0.2, 0) is 0 Å². The Kier molecular flexibility index (Phi) is 4.24. The Labute approximate surface area is 112 Å². The van der Waals surface area contributed by atoms with E-state index in [1.807, 2.05) is 0 Å². The predicted molar refractivity (Wildman–Crippen MR) is 69.2 cm³/mol. The fourth-order valence-electron chi connectivity index (χ4n) is 2.61. The van der Waals surface area contributed by atoms with E-state index in [9.17, 15) is 9.59 Å². The number of carboxylic acid groups (broad SMARTS) is 1. The molecule has 0 bridgehead atoms. The summed E-state index contributed by atoms with van der Waals surface area (Å²) in [7, 11) is 0. The van der Waals surface area contributed by atoms with Crippen molar-refractivity contribution in [3.63, 3.8) is 0 Å². The number of hydrogen-bond donors (Lipinski definition) is 1. The summed E-state index contributed by atoms with van der Waals surface area (Å²) >= 11 is 0. The first-order chi connectivity index (χ1) is 9.11. The van der Waals surface area contributed by atoms with Crippen LogP contribution in [-0.4, -0.2) is 35.0 Å². The van der Waals surface area contributed by atoms with Gasteiger partial charge in [0.1, 0.15) is 6.26 Å². The zero-order chi connectivity index (χ0) is 13.8. The van der Waals surface area contributed by atoms with E-state index in [1.54, 1.807) is 4.90 Å². The molecule has 0 spiro atoms. The van der Waals surface area contributed by atoms with Gasteiger partial charge >= 0.3 is 5.97 Å². The van der Waals surface area contributed by atoms with Crippen LogP contribution in [0.2, 0.25) is 0 Å². The maximum Gasteiger partial charge on any atom is 0.338 e. The molecule has 5 heteroatoms. The summed E-state index contributed by atoms with van der Waals surface area (Å²) in [6.07, 6.45) is 5.53. The highest BCUT2D eigenvalue weighted by molar-refractivity contribution is 5.95. The van der Waals surface area contributed by atoms with E-state index in [1.165, 1.54) is 6.07 Å². The topological polar surface area (TPSA) is 70.8 Å². The van der Waals surface area contributed by atoms with Crippen molar-refractivity contribution in [2.75, 3.05) is 13.1 Å². The van der Waals surface area contributed by atoms with E-state index >= 15 is 0 Å². The van der Waals surface area contributed by atoms with Gasteiger partial charge in [0.15, 0.2) is 5.76 Å². The minimum absolute atomic E-state index is 0.0190. The zero-order valence-corrected chi connectivity index (χ0v) is 11.1. The van der Waals surface area contributed by atoms with Gasteiger partial charge in [-0.2, -0.15) is 0 Å². The summed E-state index contributed by atoms with van der Waals surface area (Å²) in [5.74, 6) is -0.607. The van der Waals surface area contributed by atoms with Crippen molar-refractivity contribution < 1.29 is 19.1 Å². The molecule has 0 aromatic carbocycles. The van der Waals surface area contributed by atoms with Crippen LogP contribution >= 0.6 is 0 Å². The van der Waals surface area contributed by atoms with Crippen molar-refractivity contribution in [2.24, 2.45) is 5.92 Å². The minimum atomic E-state index is -1.08. The Balaban J connectivity index is 2.03. The molecule has 2 heterocycles. The van der Waals surface area contributed by atoms with Gasteiger partial charge in [0.05, 0.1) is 5.56 Å². The number of likely N-dealkylation sites (tertiary alicyclic amines) is 1. The third-order valence-corrected chi connectivity index (χ3v) is 3.56. The Bertz CT molecular complexity index is 464. The van der Waals surface area contributed by atoms with Gasteiger partial charge in [0, 0.05) is 19.2 Å². The molecule has 1 N–H and O–H groups in total. The van der Waals surface area contributed by atoms with Gasteiger partial charge in [-0.25, -0.2) is 4.79 Å². The first-order valence-corrected chi connectivity index (χ1v) is 6.73. The van der Waals surface area contributed by atoms with Crippen LogP contribution < -0.4 is 0 Å². The maximum absolute atomic E-state index is 12.2. The van der Waals surface area contributed by atoms with Gasteiger partial charge in [0.2, 0.25) is 0 Å². The summed E-state index contributed by atoms with van der Waals surface area (Å²) in [5.41, 5.74) is 0.0190. The molecule has 1 unspecified atom stereocenters. The number of furan rings is 1. The number of hydrogen-bond acceptors (Lipinski definition) is 3. The first kappa shape index (κ1) is 13.6. The first-order valence-electron chi connectivity index (χ1n) is 6.73. The van der Waals surface area contributed by atoms with E-state index in [0.29, 0.717) is 5.92 Å². The Morgan fingerprint density at radius 1 is 1.53 bits per heavy atom. The highest BCUT2D eigenvalue weighted by Gasteiger charge is 2.26. The molecule has 1 aliphatic heterocycles. The van der Waals surface area contributed by atoms with E-state index in [2.05, 4.69) is 6.92 Å². The van der Waals surface area contributed by atoms with E-state index in [0.717, 1.165) is 45.0 Å². The van der Waals surface area contributed by atoms with Gasteiger partial charge < -0.3 is 14.4 Å². The lowest BCUT2D eigenvalue weighted by molar-refractivity contribution is 0.0634. The molecule has 2 rings (SSSR count). The van der Waals surface area contributed by atoms with Crippen LogP contribution in [0, 0.1) is 5.92 Å². The zero-order valence-electron chi connectivity index (χ0n) is 11.1. The number of piperidine rings is 1. The summed E-state index contributed by atoms with van der Waals surface area (Å²) in [4.78, 5) is 24.8. The molecule has 0 radical (unpaired) electrons. The minimum Gasteiger partial charge on any atom is -0.478 e. The van der Waals surface area contributed by atoms with Crippen LogP contribution in [0.4, 0.5) is 0 Å². The third-order valence-electron chi connectivity index (χ3n) is 3.56. The average molecular weight is 265 g/mol. The number of carbonyl (C=O) groups is 2. The summed E-state index contributed by atoms with van der Waals surface area (Å²) in [6, 6.07) is 1.30. The van der Waals surface area contributed by atoms with Crippen LogP contribution in [0.5, 0.6) is 0 Å². The quantitative estimate of drug-likeness (QED) is 0.908. The average Bonchev–Trinajstić information content (AvgIpc) is 2.88. The molecule has 0 saturated carbocycles.